The highest BCUT2D eigenvalue weighted by molar-refractivity contribution is 5.50. The number of halogens is 1. The van der Waals surface area contributed by atoms with E-state index in [0.29, 0.717) is 6.04 Å². The van der Waals surface area contributed by atoms with Crippen molar-refractivity contribution in [3.63, 3.8) is 0 Å². The first kappa shape index (κ1) is 10.9. The van der Waals surface area contributed by atoms with Crippen LogP contribution in [0.2, 0.25) is 0 Å². The van der Waals surface area contributed by atoms with Crippen molar-refractivity contribution in [3.8, 4) is 6.07 Å². The molecular formula is C13H15FN2. The Balaban J connectivity index is 2.08. The normalized spacial score (nSPS) is 24.1. The first-order valence-electron chi connectivity index (χ1n) is 5.65. The summed E-state index contributed by atoms with van der Waals surface area (Å²) in [6.07, 6.45) is 3.55. The standard InChI is InChI=1S/C13H15FN2/c1-9-2-3-11(6-9)16-12-4-5-13(14)10(7-12)8-15/h4-5,7,9,11,16H,2-3,6H2,1H3. The fourth-order valence-electron chi connectivity index (χ4n) is 2.27. The molecule has 0 heterocycles. The fourth-order valence-corrected chi connectivity index (χ4v) is 2.27. The summed E-state index contributed by atoms with van der Waals surface area (Å²) in [7, 11) is 0. The molecule has 1 fully saturated rings. The van der Waals surface area contributed by atoms with E-state index >= 15 is 0 Å². The van der Waals surface area contributed by atoms with Gasteiger partial charge in [-0.15, -0.1) is 0 Å². The molecular weight excluding hydrogens is 203 g/mol. The highest BCUT2D eigenvalue weighted by Gasteiger charge is 2.21. The molecule has 1 aromatic carbocycles. The van der Waals surface area contributed by atoms with Crippen molar-refractivity contribution in [2.24, 2.45) is 5.92 Å². The lowest BCUT2D eigenvalue weighted by Gasteiger charge is -2.14. The van der Waals surface area contributed by atoms with Crippen molar-refractivity contribution in [1.82, 2.24) is 0 Å². The zero-order valence-electron chi connectivity index (χ0n) is 9.33. The molecule has 1 aliphatic rings. The molecule has 2 nitrogen and oxygen atoms in total. The summed E-state index contributed by atoms with van der Waals surface area (Å²) in [6.45, 7) is 2.24. The SMILES string of the molecule is CC1CCC(Nc2ccc(F)c(C#N)c2)C1. The van der Waals surface area contributed by atoms with E-state index in [4.69, 9.17) is 5.26 Å². The second kappa shape index (κ2) is 4.52. The summed E-state index contributed by atoms with van der Waals surface area (Å²) >= 11 is 0. The van der Waals surface area contributed by atoms with E-state index in [-0.39, 0.29) is 5.56 Å². The van der Waals surface area contributed by atoms with Crippen LogP contribution in [0.3, 0.4) is 0 Å². The van der Waals surface area contributed by atoms with Crippen LogP contribution in [0.15, 0.2) is 18.2 Å². The molecule has 1 N–H and O–H groups in total. The predicted octanol–water partition coefficient (Wildman–Crippen LogP) is 3.30. The van der Waals surface area contributed by atoms with Crippen molar-refractivity contribution >= 4 is 5.69 Å². The maximum Gasteiger partial charge on any atom is 0.141 e. The highest BCUT2D eigenvalue weighted by atomic mass is 19.1. The average Bonchev–Trinajstić information content (AvgIpc) is 2.67. The number of hydrogen-bond acceptors (Lipinski definition) is 2. The molecule has 3 heteroatoms. The van der Waals surface area contributed by atoms with Crippen LogP contribution >= 0.6 is 0 Å². The molecule has 84 valence electrons. The maximum atomic E-state index is 13.1. The Bertz CT molecular complexity index is 422. The van der Waals surface area contributed by atoms with Gasteiger partial charge in [-0.3, -0.25) is 0 Å². The molecule has 0 saturated heterocycles. The van der Waals surface area contributed by atoms with Gasteiger partial charge in [-0.25, -0.2) is 4.39 Å². The summed E-state index contributed by atoms with van der Waals surface area (Å²) in [6, 6.07) is 6.94. The molecule has 16 heavy (non-hydrogen) atoms. The topological polar surface area (TPSA) is 35.8 Å². The number of hydrogen-bond donors (Lipinski definition) is 1. The molecule has 0 radical (unpaired) electrons. The zero-order chi connectivity index (χ0) is 11.5. The number of nitrogens with one attached hydrogen (secondary N) is 1. The second-order valence-corrected chi connectivity index (χ2v) is 4.57. The zero-order valence-corrected chi connectivity index (χ0v) is 9.33. The Labute approximate surface area is 95.1 Å². The lowest BCUT2D eigenvalue weighted by Crippen LogP contribution is -2.15. The molecule has 0 aliphatic heterocycles. The predicted molar refractivity (Wildman–Crippen MR) is 61.5 cm³/mol. The Morgan fingerprint density at radius 3 is 2.88 bits per heavy atom. The van der Waals surface area contributed by atoms with Gasteiger partial charge in [0.05, 0.1) is 5.56 Å². The highest BCUT2D eigenvalue weighted by Crippen LogP contribution is 2.27. The molecule has 0 bridgehead atoms. The van der Waals surface area contributed by atoms with Gasteiger partial charge in [0.25, 0.3) is 0 Å². The number of nitriles is 1. The van der Waals surface area contributed by atoms with Gasteiger partial charge in [-0.1, -0.05) is 6.92 Å². The van der Waals surface area contributed by atoms with E-state index in [0.717, 1.165) is 24.4 Å². The van der Waals surface area contributed by atoms with E-state index in [9.17, 15) is 4.39 Å². The van der Waals surface area contributed by atoms with Crippen molar-refractivity contribution < 1.29 is 4.39 Å². The number of rotatable bonds is 2. The Morgan fingerprint density at radius 2 is 2.25 bits per heavy atom. The lowest BCUT2D eigenvalue weighted by atomic mass is 10.1. The minimum Gasteiger partial charge on any atom is -0.382 e. The van der Waals surface area contributed by atoms with Gasteiger partial charge >= 0.3 is 0 Å². The summed E-state index contributed by atoms with van der Waals surface area (Å²) in [5.41, 5.74) is 0.952. The van der Waals surface area contributed by atoms with Crippen molar-refractivity contribution in [3.05, 3.63) is 29.6 Å². The first-order chi connectivity index (χ1) is 7.69. The van der Waals surface area contributed by atoms with E-state index in [1.54, 1.807) is 12.1 Å². The molecule has 2 atom stereocenters. The molecule has 0 amide bonds. The van der Waals surface area contributed by atoms with Crippen LogP contribution in [-0.4, -0.2) is 6.04 Å². The van der Waals surface area contributed by atoms with Crippen LogP contribution in [0.1, 0.15) is 31.7 Å². The Morgan fingerprint density at radius 1 is 1.44 bits per heavy atom. The lowest BCUT2D eigenvalue weighted by molar-refractivity contribution is 0.602. The van der Waals surface area contributed by atoms with Gasteiger partial charge in [0.15, 0.2) is 0 Å². The largest absolute Gasteiger partial charge is 0.382 e. The van der Waals surface area contributed by atoms with Gasteiger partial charge in [0.1, 0.15) is 11.9 Å². The molecule has 1 aromatic rings. The maximum absolute atomic E-state index is 13.1. The second-order valence-electron chi connectivity index (χ2n) is 4.57. The van der Waals surface area contributed by atoms with Crippen molar-refractivity contribution in [1.29, 1.82) is 5.26 Å². The Kier molecular flexibility index (Phi) is 3.09. The molecule has 2 unspecified atom stereocenters. The van der Waals surface area contributed by atoms with Crippen LogP contribution in [0.5, 0.6) is 0 Å². The Hall–Kier alpha value is -1.56. The van der Waals surface area contributed by atoms with Gasteiger partial charge in [0, 0.05) is 11.7 Å². The van der Waals surface area contributed by atoms with Gasteiger partial charge < -0.3 is 5.32 Å². The molecule has 0 spiro atoms. The van der Waals surface area contributed by atoms with Crippen LogP contribution in [-0.2, 0) is 0 Å². The quantitative estimate of drug-likeness (QED) is 0.826. The van der Waals surface area contributed by atoms with Crippen molar-refractivity contribution in [2.45, 2.75) is 32.2 Å². The van der Waals surface area contributed by atoms with Gasteiger partial charge in [-0.2, -0.15) is 5.26 Å². The third-order valence-electron chi connectivity index (χ3n) is 3.15. The summed E-state index contributed by atoms with van der Waals surface area (Å²) in [4.78, 5) is 0. The molecule has 0 aromatic heterocycles. The summed E-state index contributed by atoms with van der Waals surface area (Å²) < 4.78 is 13.1. The van der Waals surface area contributed by atoms with Gasteiger partial charge in [-0.05, 0) is 43.4 Å². The third kappa shape index (κ3) is 2.33. The van der Waals surface area contributed by atoms with Crippen LogP contribution in [0, 0.1) is 23.1 Å². The average molecular weight is 218 g/mol. The molecule has 2 rings (SSSR count). The third-order valence-corrected chi connectivity index (χ3v) is 3.15. The van der Waals surface area contributed by atoms with Gasteiger partial charge in [0.2, 0.25) is 0 Å². The number of benzene rings is 1. The minimum absolute atomic E-state index is 0.107. The fraction of sp³-hybridized carbons (Fsp3) is 0.462. The minimum atomic E-state index is -0.451. The first-order valence-corrected chi connectivity index (χ1v) is 5.65. The molecule has 1 saturated carbocycles. The van der Waals surface area contributed by atoms with E-state index < -0.39 is 5.82 Å². The molecule has 1 aliphatic carbocycles. The smallest absolute Gasteiger partial charge is 0.141 e. The van der Waals surface area contributed by atoms with Crippen LogP contribution < -0.4 is 5.32 Å². The van der Waals surface area contributed by atoms with E-state index in [2.05, 4.69) is 12.2 Å². The summed E-state index contributed by atoms with van der Waals surface area (Å²) in [5.74, 6) is 0.307. The van der Waals surface area contributed by atoms with E-state index in [1.807, 2.05) is 6.07 Å². The number of nitrogens with zero attached hydrogens (tertiary/aromatic N) is 1. The van der Waals surface area contributed by atoms with Crippen LogP contribution in [0.4, 0.5) is 10.1 Å². The number of anilines is 1. The monoisotopic (exact) mass is 218 g/mol. The van der Waals surface area contributed by atoms with Crippen molar-refractivity contribution in [2.75, 3.05) is 5.32 Å². The van der Waals surface area contributed by atoms with Crippen LogP contribution in [0.25, 0.3) is 0 Å². The van der Waals surface area contributed by atoms with E-state index in [1.165, 1.54) is 12.5 Å². The summed E-state index contributed by atoms with van der Waals surface area (Å²) in [5, 5.41) is 12.1.